The van der Waals surface area contributed by atoms with Crippen molar-refractivity contribution in [3.8, 4) is 11.1 Å². The molecule has 3 aromatic rings. The van der Waals surface area contributed by atoms with E-state index in [1.165, 1.54) is 11.1 Å². The van der Waals surface area contributed by atoms with Crippen molar-refractivity contribution in [2.75, 3.05) is 0 Å². The van der Waals surface area contributed by atoms with Gasteiger partial charge in [-0.05, 0) is 28.8 Å². The molecule has 1 heterocycles. The van der Waals surface area contributed by atoms with Crippen molar-refractivity contribution in [2.45, 2.75) is 6.42 Å². The minimum Gasteiger partial charge on any atom is -0.296 e. The van der Waals surface area contributed by atoms with Crippen LogP contribution < -0.4 is 0 Å². The number of aromatic amines is 1. The summed E-state index contributed by atoms with van der Waals surface area (Å²) in [5.41, 5.74) is 4.98. The monoisotopic (exact) mass is 340 g/mol. The van der Waals surface area contributed by atoms with Crippen LogP contribution in [0.15, 0.2) is 59.2 Å². The van der Waals surface area contributed by atoms with Crippen molar-refractivity contribution in [1.29, 1.82) is 0 Å². The lowest BCUT2D eigenvalue weighted by Gasteiger charge is -2.04. The van der Waals surface area contributed by atoms with Crippen LogP contribution in [0.5, 0.6) is 0 Å². The molecule has 0 radical (unpaired) electrons. The van der Waals surface area contributed by atoms with E-state index < -0.39 is 0 Å². The molecule has 0 saturated heterocycles. The smallest absolute Gasteiger partial charge is 0.168 e. The van der Waals surface area contributed by atoms with Crippen molar-refractivity contribution < 1.29 is 4.79 Å². The van der Waals surface area contributed by atoms with E-state index in [-0.39, 0.29) is 0 Å². The quantitative estimate of drug-likeness (QED) is 0.722. The summed E-state index contributed by atoms with van der Waals surface area (Å²) in [4.78, 5) is 10.9. The Balaban J connectivity index is 1.81. The Labute approximate surface area is 131 Å². The first kappa shape index (κ1) is 13.8. The molecule has 0 aliphatic carbocycles. The molecule has 1 N–H and O–H groups in total. The van der Waals surface area contributed by atoms with Gasteiger partial charge in [-0.25, -0.2) is 0 Å². The number of benzene rings is 2. The molecule has 3 rings (SSSR count). The highest BCUT2D eigenvalue weighted by atomic mass is 79.9. The van der Waals surface area contributed by atoms with Crippen molar-refractivity contribution in [1.82, 2.24) is 10.2 Å². The predicted molar refractivity (Wildman–Crippen MR) is 86.4 cm³/mol. The van der Waals surface area contributed by atoms with E-state index in [0.717, 1.165) is 21.9 Å². The molecule has 0 atom stereocenters. The fourth-order valence-corrected chi connectivity index (χ4v) is 2.51. The lowest BCUT2D eigenvalue weighted by molar-refractivity contribution is 0.111. The molecule has 0 spiro atoms. The standard InChI is InChI=1S/C17H13BrN2O/c18-16-7-5-14(6-8-16)13-3-1-12(2-4-13)9-15-10-19-20-17(15)11-21/h1-8,10-11H,9H2,(H,19,20). The zero-order valence-corrected chi connectivity index (χ0v) is 12.8. The van der Waals surface area contributed by atoms with Crippen LogP contribution in [-0.2, 0) is 6.42 Å². The van der Waals surface area contributed by atoms with Gasteiger partial charge in [-0.1, -0.05) is 52.3 Å². The molecule has 0 aliphatic heterocycles. The number of carbonyl (C=O) groups excluding carboxylic acids is 1. The molecular weight excluding hydrogens is 328 g/mol. The molecular formula is C17H13BrN2O. The molecule has 0 unspecified atom stereocenters. The van der Waals surface area contributed by atoms with Gasteiger partial charge in [-0.15, -0.1) is 0 Å². The number of aromatic nitrogens is 2. The number of nitrogens with zero attached hydrogens (tertiary/aromatic N) is 1. The fourth-order valence-electron chi connectivity index (χ4n) is 2.24. The third-order valence-electron chi connectivity index (χ3n) is 3.40. The normalized spacial score (nSPS) is 10.5. The maximum atomic E-state index is 10.9. The van der Waals surface area contributed by atoms with Gasteiger partial charge in [0.1, 0.15) is 5.69 Å². The number of hydrogen-bond acceptors (Lipinski definition) is 2. The first-order valence-corrected chi connectivity index (χ1v) is 7.38. The summed E-state index contributed by atoms with van der Waals surface area (Å²) >= 11 is 3.44. The van der Waals surface area contributed by atoms with Gasteiger partial charge in [0.05, 0.1) is 6.20 Å². The lowest BCUT2D eigenvalue weighted by atomic mass is 10.0. The highest BCUT2D eigenvalue weighted by Gasteiger charge is 2.05. The number of nitrogens with one attached hydrogen (secondary N) is 1. The first-order chi connectivity index (χ1) is 10.3. The van der Waals surface area contributed by atoms with Gasteiger partial charge in [0.25, 0.3) is 0 Å². The molecule has 104 valence electrons. The van der Waals surface area contributed by atoms with Gasteiger partial charge in [0.2, 0.25) is 0 Å². The van der Waals surface area contributed by atoms with E-state index in [1.54, 1.807) is 6.20 Å². The van der Waals surface area contributed by atoms with E-state index in [2.05, 4.69) is 62.5 Å². The molecule has 21 heavy (non-hydrogen) atoms. The van der Waals surface area contributed by atoms with Crippen molar-refractivity contribution >= 4 is 22.2 Å². The van der Waals surface area contributed by atoms with Crippen LogP contribution in [0, 0.1) is 0 Å². The van der Waals surface area contributed by atoms with Gasteiger partial charge in [0.15, 0.2) is 6.29 Å². The number of aldehydes is 1. The summed E-state index contributed by atoms with van der Waals surface area (Å²) in [7, 11) is 0. The molecule has 1 aromatic heterocycles. The second kappa shape index (κ2) is 6.06. The zero-order chi connectivity index (χ0) is 14.7. The fraction of sp³-hybridized carbons (Fsp3) is 0.0588. The SMILES string of the molecule is O=Cc1[nH]ncc1Cc1ccc(-c2ccc(Br)cc2)cc1. The Bertz CT molecular complexity index is 745. The minimum atomic E-state index is 0.548. The van der Waals surface area contributed by atoms with E-state index >= 15 is 0 Å². The van der Waals surface area contributed by atoms with Gasteiger partial charge >= 0.3 is 0 Å². The van der Waals surface area contributed by atoms with Gasteiger partial charge < -0.3 is 0 Å². The van der Waals surface area contributed by atoms with Crippen LogP contribution in [-0.4, -0.2) is 16.5 Å². The number of H-pyrrole nitrogens is 1. The van der Waals surface area contributed by atoms with Crippen molar-refractivity contribution in [2.24, 2.45) is 0 Å². The summed E-state index contributed by atoms with van der Waals surface area (Å²) in [6.07, 6.45) is 3.20. The van der Waals surface area contributed by atoms with Gasteiger partial charge in [0, 0.05) is 16.5 Å². The summed E-state index contributed by atoms with van der Waals surface area (Å²) in [5, 5.41) is 6.60. The topological polar surface area (TPSA) is 45.8 Å². The van der Waals surface area contributed by atoms with E-state index in [9.17, 15) is 4.79 Å². The number of carbonyl (C=O) groups is 1. The average molecular weight is 341 g/mol. The molecule has 0 aliphatic rings. The summed E-state index contributed by atoms with van der Waals surface area (Å²) in [6.45, 7) is 0. The van der Waals surface area contributed by atoms with Crippen LogP contribution >= 0.6 is 15.9 Å². The number of hydrogen-bond donors (Lipinski definition) is 1. The van der Waals surface area contributed by atoms with Crippen LogP contribution in [0.2, 0.25) is 0 Å². The highest BCUT2D eigenvalue weighted by Crippen LogP contribution is 2.23. The summed E-state index contributed by atoms with van der Waals surface area (Å²) < 4.78 is 1.07. The van der Waals surface area contributed by atoms with Gasteiger partial charge in [-0.3, -0.25) is 9.89 Å². The molecule has 0 bridgehead atoms. The van der Waals surface area contributed by atoms with Crippen molar-refractivity contribution in [3.63, 3.8) is 0 Å². The molecule has 0 saturated carbocycles. The third kappa shape index (κ3) is 3.11. The molecule has 4 heteroatoms. The second-order valence-corrected chi connectivity index (χ2v) is 5.72. The van der Waals surface area contributed by atoms with Crippen molar-refractivity contribution in [3.05, 3.63) is 76.0 Å². The van der Waals surface area contributed by atoms with E-state index in [4.69, 9.17) is 0 Å². The summed E-state index contributed by atoms with van der Waals surface area (Å²) in [6, 6.07) is 16.6. The molecule has 2 aromatic carbocycles. The van der Waals surface area contributed by atoms with Crippen LogP contribution in [0.25, 0.3) is 11.1 Å². The van der Waals surface area contributed by atoms with Crippen LogP contribution in [0.4, 0.5) is 0 Å². The van der Waals surface area contributed by atoms with Crippen LogP contribution in [0.1, 0.15) is 21.6 Å². The number of halogens is 1. The Morgan fingerprint density at radius 2 is 1.62 bits per heavy atom. The Morgan fingerprint density at radius 1 is 1.00 bits per heavy atom. The van der Waals surface area contributed by atoms with Gasteiger partial charge in [-0.2, -0.15) is 5.10 Å². The average Bonchev–Trinajstić information content (AvgIpc) is 2.96. The number of rotatable bonds is 4. The molecule has 0 amide bonds. The van der Waals surface area contributed by atoms with E-state index in [0.29, 0.717) is 12.1 Å². The molecule has 3 nitrogen and oxygen atoms in total. The third-order valence-corrected chi connectivity index (χ3v) is 3.92. The lowest BCUT2D eigenvalue weighted by Crippen LogP contribution is -1.91. The highest BCUT2D eigenvalue weighted by molar-refractivity contribution is 9.10. The maximum absolute atomic E-state index is 10.9. The predicted octanol–water partition coefficient (Wildman–Crippen LogP) is 4.24. The Kier molecular flexibility index (Phi) is 3.97. The first-order valence-electron chi connectivity index (χ1n) is 6.58. The Morgan fingerprint density at radius 3 is 2.24 bits per heavy atom. The second-order valence-electron chi connectivity index (χ2n) is 4.81. The maximum Gasteiger partial charge on any atom is 0.168 e. The van der Waals surface area contributed by atoms with E-state index in [1.807, 2.05) is 12.1 Å². The molecule has 0 fully saturated rings. The zero-order valence-electron chi connectivity index (χ0n) is 11.2. The summed E-state index contributed by atoms with van der Waals surface area (Å²) in [5.74, 6) is 0. The minimum absolute atomic E-state index is 0.548. The Hall–Kier alpha value is -2.20. The largest absolute Gasteiger partial charge is 0.296 e. The van der Waals surface area contributed by atoms with Crippen LogP contribution in [0.3, 0.4) is 0 Å².